The van der Waals surface area contributed by atoms with E-state index in [0.29, 0.717) is 26.0 Å². The topological polar surface area (TPSA) is 48.1 Å². The molecule has 0 N–H and O–H groups in total. The third-order valence-electron chi connectivity index (χ3n) is 1.48. The third kappa shape index (κ3) is 3.23. The number of hydrogen-bond donors (Lipinski definition) is 0. The predicted molar refractivity (Wildman–Crippen MR) is 45.5 cm³/mol. The van der Waals surface area contributed by atoms with Gasteiger partial charge < -0.3 is 13.8 Å². The van der Waals surface area contributed by atoms with Gasteiger partial charge in [-0.25, -0.2) is 0 Å². The van der Waals surface area contributed by atoms with Crippen LogP contribution in [0.15, 0.2) is 0 Å². The van der Waals surface area contributed by atoms with Gasteiger partial charge in [0, 0.05) is 0 Å². The summed E-state index contributed by atoms with van der Waals surface area (Å²) in [5.74, 6) is 0. The van der Waals surface area contributed by atoms with Crippen molar-refractivity contribution in [1.29, 1.82) is 0 Å². The zero-order valence-electron chi connectivity index (χ0n) is 7.49. The van der Waals surface area contributed by atoms with Gasteiger partial charge in [0.15, 0.2) is 0 Å². The van der Waals surface area contributed by atoms with E-state index < -0.39 is 7.60 Å². The average Bonchev–Trinajstić information content (AvgIpc) is 2.72. The molecule has 0 aliphatic carbocycles. The smallest absolute Gasteiger partial charge is 0.333 e. The van der Waals surface area contributed by atoms with E-state index in [9.17, 15) is 4.57 Å². The first-order valence-electron chi connectivity index (χ1n) is 4.20. The Morgan fingerprint density at radius 1 is 1.42 bits per heavy atom. The summed E-state index contributed by atoms with van der Waals surface area (Å²) in [5.41, 5.74) is 0. The van der Waals surface area contributed by atoms with Gasteiger partial charge in [0.25, 0.3) is 0 Å². The predicted octanol–water partition coefficient (Wildman–Crippen LogP) is 1.65. The summed E-state index contributed by atoms with van der Waals surface area (Å²) in [4.78, 5) is 0. The van der Waals surface area contributed by atoms with Crippen molar-refractivity contribution < 1.29 is 18.3 Å². The first kappa shape index (κ1) is 10.2. The van der Waals surface area contributed by atoms with Crippen LogP contribution in [-0.2, 0) is 18.3 Å². The molecular formula is C7H15O4P. The number of epoxide rings is 1. The van der Waals surface area contributed by atoms with E-state index in [4.69, 9.17) is 13.8 Å². The molecule has 0 spiro atoms. The van der Waals surface area contributed by atoms with Crippen LogP contribution in [0, 0.1) is 0 Å². The molecule has 0 unspecified atom stereocenters. The van der Waals surface area contributed by atoms with E-state index in [0.717, 1.165) is 0 Å². The van der Waals surface area contributed by atoms with Crippen LogP contribution in [0.4, 0.5) is 0 Å². The van der Waals surface area contributed by atoms with Crippen molar-refractivity contribution in [3.05, 3.63) is 0 Å². The summed E-state index contributed by atoms with van der Waals surface area (Å²) >= 11 is 0. The largest absolute Gasteiger partial charge is 0.372 e. The zero-order valence-corrected chi connectivity index (χ0v) is 8.38. The Bertz CT molecular complexity index is 168. The lowest BCUT2D eigenvalue weighted by Crippen LogP contribution is -2.04. The van der Waals surface area contributed by atoms with Crippen LogP contribution in [-0.4, -0.2) is 32.1 Å². The fourth-order valence-corrected chi connectivity index (χ4v) is 2.74. The molecule has 0 aromatic heterocycles. The summed E-state index contributed by atoms with van der Waals surface area (Å²) in [6.45, 7) is 5.14. The van der Waals surface area contributed by atoms with Gasteiger partial charge in [-0.05, 0) is 13.8 Å². The highest BCUT2D eigenvalue weighted by Gasteiger charge is 2.35. The third-order valence-corrected chi connectivity index (χ3v) is 3.64. The Labute approximate surface area is 72.7 Å². The van der Waals surface area contributed by atoms with Crippen molar-refractivity contribution in [1.82, 2.24) is 0 Å². The Morgan fingerprint density at radius 3 is 2.25 bits per heavy atom. The summed E-state index contributed by atoms with van der Waals surface area (Å²) < 4.78 is 26.9. The Kier molecular flexibility index (Phi) is 3.72. The van der Waals surface area contributed by atoms with Crippen molar-refractivity contribution in [3.63, 3.8) is 0 Å². The monoisotopic (exact) mass is 194 g/mol. The van der Waals surface area contributed by atoms with E-state index in [-0.39, 0.29) is 6.10 Å². The zero-order chi connectivity index (χ0) is 9.03. The maximum Gasteiger partial charge on any atom is 0.333 e. The fourth-order valence-electron chi connectivity index (χ4n) is 0.959. The summed E-state index contributed by atoms with van der Waals surface area (Å²) in [7, 11) is -2.84. The van der Waals surface area contributed by atoms with Crippen LogP contribution in [0.25, 0.3) is 0 Å². The van der Waals surface area contributed by atoms with E-state index in [2.05, 4.69) is 0 Å². The minimum absolute atomic E-state index is 0.0916. The highest BCUT2D eigenvalue weighted by Crippen LogP contribution is 2.50. The second-order valence-corrected chi connectivity index (χ2v) is 4.69. The number of rotatable bonds is 6. The van der Waals surface area contributed by atoms with Crippen LogP contribution < -0.4 is 0 Å². The molecule has 1 heterocycles. The molecule has 12 heavy (non-hydrogen) atoms. The molecule has 1 aliphatic rings. The van der Waals surface area contributed by atoms with Gasteiger partial charge in [0.2, 0.25) is 0 Å². The Balaban J connectivity index is 2.38. The van der Waals surface area contributed by atoms with Crippen LogP contribution in [0.5, 0.6) is 0 Å². The van der Waals surface area contributed by atoms with Gasteiger partial charge in [-0.3, -0.25) is 4.57 Å². The van der Waals surface area contributed by atoms with E-state index >= 15 is 0 Å². The molecule has 1 aliphatic heterocycles. The maximum atomic E-state index is 11.7. The number of ether oxygens (including phenoxy) is 1. The second-order valence-electron chi connectivity index (χ2n) is 2.58. The van der Waals surface area contributed by atoms with Crippen molar-refractivity contribution in [2.75, 3.05) is 26.0 Å². The summed E-state index contributed by atoms with van der Waals surface area (Å²) in [6.07, 6.45) is 0.489. The molecule has 0 aromatic rings. The van der Waals surface area contributed by atoms with Gasteiger partial charge in [0.05, 0.1) is 32.1 Å². The SMILES string of the molecule is CCOP(=O)(C[C@@H]1CO1)OCC. The second kappa shape index (κ2) is 4.38. The van der Waals surface area contributed by atoms with Gasteiger partial charge in [0.1, 0.15) is 0 Å². The van der Waals surface area contributed by atoms with Gasteiger partial charge in [-0.1, -0.05) is 0 Å². The lowest BCUT2D eigenvalue weighted by molar-refractivity contribution is 0.217. The quantitative estimate of drug-likeness (QED) is 0.476. The summed E-state index contributed by atoms with van der Waals surface area (Å²) in [6, 6.07) is 0. The normalized spacial score (nSPS) is 22.7. The highest BCUT2D eigenvalue weighted by molar-refractivity contribution is 7.53. The van der Waals surface area contributed by atoms with Gasteiger partial charge in [-0.2, -0.15) is 0 Å². The molecule has 0 aromatic carbocycles. The molecular weight excluding hydrogens is 179 g/mol. The first-order chi connectivity index (χ1) is 5.70. The van der Waals surface area contributed by atoms with Crippen molar-refractivity contribution >= 4 is 7.60 Å². The Hall–Kier alpha value is 0.110. The molecule has 0 bridgehead atoms. The van der Waals surface area contributed by atoms with E-state index in [1.807, 2.05) is 0 Å². The lowest BCUT2D eigenvalue weighted by Gasteiger charge is -2.15. The maximum absolute atomic E-state index is 11.7. The molecule has 0 saturated carbocycles. The van der Waals surface area contributed by atoms with E-state index in [1.54, 1.807) is 13.8 Å². The molecule has 1 saturated heterocycles. The van der Waals surface area contributed by atoms with Crippen molar-refractivity contribution in [2.45, 2.75) is 20.0 Å². The van der Waals surface area contributed by atoms with Crippen molar-refractivity contribution in [3.8, 4) is 0 Å². The molecule has 0 radical (unpaired) electrons. The van der Waals surface area contributed by atoms with Crippen LogP contribution in [0.3, 0.4) is 0 Å². The number of hydrogen-bond acceptors (Lipinski definition) is 4. The fraction of sp³-hybridized carbons (Fsp3) is 1.00. The molecule has 4 nitrogen and oxygen atoms in total. The molecule has 1 fully saturated rings. The molecule has 5 heteroatoms. The van der Waals surface area contributed by atoms with Crippen LogP contribution >= 0.6 is 7.60 Å². The van der Waals surface area contributed by atoms with Crippen molar-refractivity contribution in [2.24, 2.45) is 0 Å². The van der Waals surface area contributed by atoms with Crippen LogP contribution in [0.2, 0.25) is 0 Å². The first-order valence-corrected chi connectivity index (χ1v) is 5.92. The molecule has 72 valence electrons. The average molecular weight is 194 g/mol. The van der Waals surface area contributed by atoms with Gasteiger partial charge in [-0.15, -0.1) is 0 Å². The lowest BCUT2D eigenvalue weighted by atomic mass is 10.6. The van der Waals surface area contributed by atoms with Gasteiger partial charge >= 0.3 is 7.60 Å². The molecule has 1 rings (SSSR count). The van der Waals surface area contributed by atoms with Crippen LogP contribution in [0.1, 0.15) is 13.8 Å². The standard InChI is InChI=1S/C7H15O4P/c1-3-10-12(8,11-4-2)6-7-5-9-7/h7H,3-6H2,1-2H3/t7-/m0/s1. The molecule has 1 atom stereocenters. The minimum atomic E-state index is -2.84. The molecule has 0 amide bonds. The van der Waals surface area contributed by atoms with E-state index in [1.165, 1.54) is 0 Å². The Morgan fingerprint density at radius 2 is 1.92 bits per heavy atom. The summed E-state index contributed by atoms with van der Waals surface area (Å²) in [5, 5.41) is 0. The highest BCUT2D eigenvalue weighted by atomic mass is 31.2. The minimum Gasteiger partial charge on any atom is -0.372 e.